The van der Waals surface area contributed by atoms with Crippen LogP contribution in [0.15, 0.2) is 28.9 Å². The Balaban J connectivity index is 1.40. The number of amides is 1. The van der Waals surface area contributed by atoms with Gasteiger partial charge in [-0.2, -0.15) is 4.98 Å². The van der Waals surface area contributed by atoms with E-state index >= 15 is 0 Å². The van der Waals surface area contributed by atoms with Crippen molar-refractivity contribution in [1.82, 2.24) is 14.9 Å². The summed E-state index contributed by atoms with van der Waals surface area (Å²) in [6, 6.07) is 5.99. The lowest BCUT2D eigenvalue weighted by atomic mass is 10.2. The molecule has 3 heterocycles. The number of furan rings is 1. The number of anilines is 2. The van der Waals surface area contributed by atoms with E-state index in [4.69, 9.17) is 9.40 Å². The number of aromatic nitrogens is 2. The van der Waals surface area contributed by atoms with Gasteiger partial charge in [0, 0.05) is 44.0 Å². The molecule has 7 heteroatoms. The molecule has 4 rings (SSSR count). The summed E-state index contributed by atoms with van der Waals surface area (Å²) in [6.45, 7) is 4.73. The lowest BCUT2D eigenvalue weighted by Gasteiger charge is -2.34. The van der Waals surface area contributed by atoms with Crippen LogP contribution in [0.5, 0.6) is 0 Å². The van der Waals surface area contributed by atoms with E-state index in [-0.39, 0.29) is 5.91 Å². The normalized spacial score (nSPS) is 18.3. The number of carbonyl (C=O) groups excluding carboxylic acids is 1. The van der Waals surface area contributed by atoms with Crippen molar-refractivity contribution in [3.63, 3.8) is 0 Å². The van der Waals surface area contributed by atoms with Gasteiger partial charge in [0.15, 0.2) is 5.76 Å². The average molecular weight is 355 g/mol. The second-order valence-corrected chi connectivity index (χ2v) is 7.08. The van der Waals surface area contributed by atoms with E-state index in [1.807, 2.05) is 17.9 Å². The van der Waals surface area contributed by atoms with Crippen LogP contribution in [-0.4, -0.2) is 53.0 Å². The van der Waals surface area contributed by atoms with Gasteiger partial charge in [-0.15, -0.1) is 0 Å². The standard InChI is InChI=1S/C19H25N5O2/c1-14-13-17(21-15-5-2-3-6-15)22-19(20-14)24-10-8-23(9-11-24)18(25)16-7-4-12-26-16/h4,7,12-13,15H,2-3,5-6,8-11H2,1H3,(H,20,21,22). The van der Waals surface area contributed by atoms with Crippen molar-refractivity contribution in [3.05, 3.63) is 35.9 Å². The topological polar surface area (TPSA) is 74.5 Å². The summed E-state index contributed by atoms with van der Waals surface area (Å²) in [5.74, 6) is 2.00. The number of aryl methyl sites for hydroxylation is 1. The predicted octanol–water partition coefficient (Wildman–Crippen LogP) is 2.69. The molecule has 1 aliphatic heterocycles. The smallest absolute Gasteiger partial charge is 0.289 e. The van der Waals surface area contributed by atoms with Crippen LogP contribution in [0.4, 0.5) is 11.8 Å². The van der Waals surface area contributed by atoms with Gasteiger partial charge in [0.2, 0.25) is 5.95 Å². The minimum atomic E-state index is -0.0524. The fourth-order valence-electron chi connectivity index (χ4n) is 3.71. The highest BCUT2D eigenvalue weighted by atomic mass is 16.3. The zero-order valence-corrected chi connectivity index (χ0v) is 15.1. The highest BCUT2D eigenvalue weighted by Gasteiger charge is 2.25. The van der Waals surface area contributed by atoms with E-state index in [9.17, 15) is 4.79 Å². The van der Waals surface area contributed by atoms with Gasteiger partial charge in [0.25, 0.3) is 5.91 Å². The molecule has 7 nitrogen and oxygen atoms in total. The summed E-state index contributed by atoms with van der Waals surface area (Å²) in [4.78, 5) is 25.7. The molecule has 0 bridgehead atoms. The Labute approximate surface area is 153 Å². The van der Waals surface area contributed by atoms with Crippen molar-refractivity contribution in [2.45, 2.75) is 38.6 Å². The molecule has 0 spiro atoms. The number of nitrogens with zero attached hydrogens (tertiary/aromatic N) is 4. The van der Waals surface area contributed by atoms with Crippen molar-refractivity contribution in [2.24, 2.45) is 0 Å². The highest BCUT2D eigenvalue weighted by molar-refractivity contribution is 5.91. The summed E-state index contributed by atoms with van der Waals surface area (Å²) in [5, 5.41) is 3.55. The first-order valence-electron chi connectivity index (χ1n) is 9.39. The van der Waals surface area contributed by atoms with Crippen LogP contribution >= 0.6 is 0 Å². The monoisotopic (exact) mass is 355 g/mol. The molecule has 0 unspecified atom stereocenters. The number of hydrogen-bond donors (Lipinski definition) is 1. The Morgan fingerprint density at radius 3 is 2.65 bits per heavy atom. The van der Waals surface area contributed by atoms with Crippen molar-refractivity contribution in [2.75, 3.05) is 36.4 Å². The first-order valence-corrected chi connectivity index (χ1v) is 9.39. The zero-order valence-electron chi connectivity index (χ0n) is 15.1. The van der Waals surface area contributed by atoms with E-state index in [1.165, 1.54) is 31.9 Å². The van der Waals surface area contributed by atoms with Gasteiger partial charge >= 0.3 is 0 Å². The summed E-state index contributed by atoms with van der Waals surface area (Å²) in [6.07, 6.45) is 6.54. The zero-order chi connectivity index (χ0) is 17.9. The molecule has 26 heavy (non-hydrogen) atoms. The van der Waals surface area contributed by atoms with Crippen LogP contribution in [0.2, 0.25) is 0 Å². The molecule has 2 aliphatic rings. The van der Waals surface area contributed by atoms with E-state index < -0.39 is 0 Å². The van der Waals surface area contributed by atoms with Gasteiger partial charge in [-0.3, -0.25) is 4.79 Å². The van der Waals surface area contributed by atoms with Crippen molar-refractivity contribution >= 4 is 17.7 Å². The molecule has 1 aliphatic carbocycles. The van der Waals surface area contributed by atoms with Crippen molar-refractivity contribution in [1.29, 1.82) is 0 Å². The first kappa shape index (κ1) is 16.9. The van der Waals surface area contributed by atoms with Gasteiger partial charge in [-0.25, -0.2) is 4.98 Å². The van der Waals surface area contributed by atoms with Gasteiger partial charge in [0.1, 0.15) is 5.82 Å². The van der Waals surface area contributed by atoms with Crippen LogP contribution in [0.25, 0.3) is 0 Å². The molecule has 1 N–H and O–H groups in total. The Bertz CT molecular complexity index is 747. The van der Waals surface area contributed by atoms with Crippen LogP contribution < -0.4 is 10.2 Å². The molecule has 1 saturated heterocycles. The third kappa shape index (κ3) is 3.66. The Kier molecular flexibility index (Phi) is 4.77. The van der Waals surface area contributed by atoms with Gasteiger partial charge < -0.3 is 19.5 Å². The summed E-state index contributed by atoms with van der Waals surface area (Å²) in [7, 11) is 0. The fraction of sp³-hybridized carbons (Fsp3) is 0.526. The van der Waals surface area contributed by atoms with Crippen LogP contribution in [0, 0.1) is 6.92 Å². The summed E-state index contributed by atoms with van der Waals surface area (Å²) < 4.78 is 5.22. The molecule has 0 aromatic carbocycles. The molecule has 2 fully saturated rings. The Morgan fingerprint density at radius 1 is 1.19 bits per heavy atom. The second kappa shape index (κ2) is 7.35. The molecule has 0 radical (unpaired) electrons. The molecule has 1 amide bonds. The van der Waals surface area contributed by atoms with Gasteiger partial charge in [-0.1, -0.05) is 12.8 Å². The van der Waals surface area contributed by atoms with E-state index in [2.05, 4.69) is 15.2 Å². The molecule has 2 aromatic heterocycles. The number of rotatable bonds is 4. The quantitative estimate of drug-likeness (QED) is 0.909. The Hall–Kier alpha value is -2.57. The Morgan fingerprint density at radius 2 is 1.96 bits per heavy atom. The number of carbonyl (C=O) groups is 1. The van der Waals surface area contributed by atoms with Gasteiger partial charge in [-0.05, 0) is 31.9 Å². The molecule has 2 aromatic rings. The molecular formula is C19H25N5O2. The SMILES string of the molecule is Cc1cc(NC2CCCC2)nc(N2CCN(C(=O)c3ccco3)CC2)n1. The van der Waals surface area contributed by atoms with Crippen LogP contribution in [0.1, 0.15) is 41.9 Å². The number of nitrogens with one attached hydrogen (secondary N) is 1. The minimum Gasteiger partial charge on any atom is -0.459 e. The molecule has 0 atom stereocenters. The van der Waals surface area contributed by atoms with Crippen LogP contribution in [0.3, 0.4) is 0 Å². The van der Waals surface area contributed by atoms with Gasteiger partial charge in [0.05, 0.1) is 6.26 Å². The maximum atomic E-state index is 12.4. The summed E-state index contributed by atoms with van der Waals surface area (Å²) in [5.41, 5.74) is 0.963. The lowest BCUT2D eigenvalue weighted by molar-refractivity contribution is 0.0714. The molecule has 1 saturated carbocycles. The maximum absolute atomic E-state index is 12.4. The minimum absolute atomic E-state index is 0.0524. The third-order valence-corrected chi connectivity index (χ3v) is 5.13. The van der Waals surface area contributed by atoms with Crippen molar-refractivity contribution < 1.29 is 9.21 Å². The number of hydrogen-bond acceptors (Lipinski definition) is 6. The maximum Gasteiger partial charge on any atom is 0.289 e. The van der Waals surface area contributed by atoms with Crippen LogP contribution in [-0.2, 0) is 0 Å². The molecular weight excluding hydrogens is 330 g/mol. The fourth-order valence-corrected chi connectivity index (χ4v) is 3.71. The number of piperazine rings is 1. The molecule has 138 valence electrons. The van der Waals surface area contributed by atoms with Crippen molar-refractivity contribution in [3.8, 4) is 0 Å². The lowest BCUT2D eigenvalue weighted by Crippen LogP contribution is -2.49. The second-order valence-electron chi connectivity index (χ2n) is 7.08. The summed E-state index contributed by atoms with van der Waals surface area (Å²) >= 11 is 0. The third-order valence-electron chi connectivity index (χ3n) is 5.13. The van der Waals surface area contributed by atoms with E-state index in [1.54, 1.807) is 12.1 Å². The average Bonchev–Trinajstić information content (AvgIpc) is 3.35. The van der Waals surface area contributed by atoms with E-state index in [0.29, 0.717) is 24.9 Å². The predicted molar refractivity (Wildman–Crippen MR) is 99.5 cm³/mol. The van der Waals surface area contributed by atoms with E-state index in [0.717, 1.165) is 30.5 Å². The first-order chi connectivity index (χ1) is 12.7. The largest absolute Gasteiger partial charge is 0.459 e. The highest BCUT2D eigenvalue weighted by Crippen LogP contribution is 2.23.